The molecule has 0 aliphatic carbocycles. The van der Waals surface area contributed by atoms with Crippen molar-refractivity contribution in [1.29, 1.82) is 0 Å². The molecule has 2 heterocycles. The zero-order chi connectivity index (χ0) is 26.7. The van der Waals surface area contributed by atoms with Crippen LogP contribution in [0.3, 0.4) is 0 Å². The first-order valence-electron chi connectivity index (χ1n) is 13.9. The predicted octanol–water partition coefficient (Wildman–Crippen LogP) is 6.64. The van der Waals surface area contributed by atoms with Crippen LogP contribution in [0.4, 0.5) is 0 Å². The number of hydrogen-bond acceptors (Lipinski definition) is 4. The van der Waals surface area contributed by atoms with Crippen LogP contribution in [0.5, 0.6) is 0 Å². The summed E-state index contributed by atoms with van der Waals surface area (Å²) in [5, 5.41) is 0. The smallest absolute Gasteiger partial charge is 0.254 e. The third-order valence-corrected chi connectivity index (χ3v) is 8.03. The quantitative estimate of drug-likeness (QED) is 0.232. The normalized spacial score (nSPS) is 14.9. The third kappa shape index (κ3) is 8.27. The Morgan fingerprint density at radius 1 is 0.921 bits per heavy atom. The molecule has 2 aromatic carbocycles. The molecule has 3 aromatic rings. The minimum absolute atomic E-state index is 0.0254. The van der Waals surface area contributed by atoms with E-state index in [4.69, 9.17) is 4.74 Å². The lowest BCUT2D eigenvalue weighted by molar-refractivity contribution is -0.133. The van der Waals surface area contributed by atoms with Gasteiger partial charge in [0, 0.05) is 35.0 Å². The molecule has 202 valence electrons. The van der Waals surface area contributed by atoms with Crippen LogP contribution in [-0.2, 0) is 29.0 Å². The van der Waals surface area contributed by atoms with Gasteiger partial charge in [0.2, 0.25) is 5.91 Å². The molecular weight excluding hydrogens is 492 g/mol. The number of thiophene rings is 1. The van der Waals surface area contributed by atoms with Gasteiger partial charge in [-0.2, -0.15) is 0 Å². The lowest BCUT2D eigenvalue weighted by Gasteiger charge is -2.29. The van der Waals surface area contributed by atoms with Gasteiger partial charge < -0.3 is 14.5 Å². The highest BCUT2D eigenvalue weighted by Gasteiger charge is 2.27. The Kier molecular flexibility index (Phi) is 10.5. The third-order valence-electron chi connectivity index (χ3n) is 7.04. The molecular formula is C32H40N2O3S. The van der Waals surface area contributed by atoms with Crippen molar-refractivity contribution in [3.05, 3.63) is 93.2 Å². The number of nitrogens with zero attached hydrogens (tertiary/aromatic N) is 2. The predicted molar refractivity (Wildman–Crippen MR) is 154 cm³/mol. The molecule has 0 unspecified atom stereocenters. The number of unbranched alkanes of at least 4 members (excludes halogenated alkanes) is 2. The van der Waals surface area contributed by atoms with Gasteiger partial charge in [0.1, 0.15) is 6.54 Å². The zero-order valence-corrected chi connectivity index (χ0v) is 23.6. The molecule has 4 rings (SSSR count). The Bertz CT molecular complexity index is 1150. The molecule has 0 spiro atoms. The van der Waals surface area contributed by atoms with E-state index in [0.29, 0.717) is 31.8 Å². The second-order valence-corrected chi connectivity index (χ2v) is 11.6. The first-order chi connectivity index (χ1) is 18.5. The average Bonchev–Trinajstić information content (AvgIpc) is 3.60. The van der Waals surface area contributed by atoms with Crippen LogP contribution in [0, 0.1) is 6.92 Å². The summed E-state index contributed by atoms with van der Waals surface area (Å²) in [5.41, 5.74) is 2.94. The molecule has 0 N–H and O–H groups in total. The van der Waals surface area contributed by atoms with E-state index in [0.717, 1.165) is 36.1 Å². The van der Waals surface area contributed by atoms with E-state index in [1.807, 2.05) is 47.4 Å². The number of ether oxygens (including phenoxy) is 1. The Morgan fingerprint density at radius 2 is 1.71 bits per heavy atom. The van der Waals surface area contributed by atoms with Crippen LogP contribution < -0.4 is 0 Å². The van der Waals surface area contributed by atoms with Crippen molar-refractivity contribution in [3.63, 3.8) is 0 Å². The van der Waals surface area contributed by atoms with Gasteiger partial charge in [-0.3, -0.25) is 9.59 Å². The van der Waals surface area contributed by atoms with Gasteiger partial charge in [0.15, 0.2) is 0 Å². The number of aryl methyl sites for hydroxylation is 2. The first-order valence-corrected chi connectivity index (χ1v) is 14.7. The largest absolute Gasteiger partial charge is 0.376 e. The Balaban J connectivity index is 1.50. The molecule has 1 atom stereocenters. The fourth-order valence-corrected chi connectivity index (χ4v) is 5.79. The van der Waals surface area contributed by atoms with Crippen molar-refractivity contribution < 1.29 is 14.3 Å². The molecule has 0 bridgehead atoms. The molecule has 38 heavy (non-hydrogen) atoms. The van der Waals surface area contributed by atoms with Crippen molar-refractivity contribution in [2.24, 2.45) is 0 Å². The van der Waals surface area contributed by atoms with Gasteiger partial charge in [0.25, 0.3) is 5.91 Å². The average molecular weight is 533 g/mol. The molecule has 1 aromatic heterocycles. The van der Waals surface area contributed by atoms with E-state index in [2.05, 4.69) is 38.1 Å². The number of hydrogen-bond donors (Lipinski definition) is 0. The van der Waals surface area contributed by atoms with Crippen molar-refractivity contribution >= 4 is 23.2 Å². The molecule has 2 amide bonds. The SMILES string of the molecule is CCCCCc1ccc(C(=O)N(CC(=O)N(Cc2ccccc2)Cc2ccc(C)s2)C[C@@H]2CCCO2)cc1. The van der Waals surface area contributed by atoms with Gasteiger partial charge >= 0.3 is 0 Å². The van der Waals surface area contributed by atoms with Crippen LogP contribution >= 0.6 is 11.3 Å². The van der Waals surface area contributed by atoms with E-state index >= 15 is 0 Å². The van der Waals surface area contributed by atoms with E-state index in [-0.39, 0.29) is 24.5 Å². The number of amides is 2. The van der Waals surface area contributed by atoms with Gasteiger partial charge in [-0.05, 0) is 68.0 Å². The zero-order valence-electron chi connectivity index (χ0n) is 22.7. The van der Waals surface area contributed by atoms with Gasteiger partial charge in [0.05, 0.1) is 12.6 Å². The summed E-state index contributed by atoms with van der Waals surface area (Å²) in [6.45, 7) is 6.49. The standard InChI is InChI=1S/C32H40N2O3S/c1-3-4-6-10-26-15-17-28(18-16-26)32(36)34(22-29-13-9-20-37-29)24-31(35)33(21-27-11-7-5-8-12-27)23-30-19-14-25(2)38-30/h5,7-8,11-12,14-19,29H,3-4,6,9-10,13,20-24H2,1-2H3/t29-/m0/s1. The second-order valence-electron chi connectivity index (χ2n) is 10.2. The first kappa shape index (κ1) is 28.1. The van der Waals surface area contributed by atoms with Gasteiger partial charge in [-0.1, -0.05) is 62.2 Å². The summed E-state index contributed by atoms with van der Waals surface area (Å²) in [5.74, 6) is -0.164. The molecule has 0 radical (unpaired) electrons. The topological polar surface area (TPSA) is 49.9 Å². The summed E-state index contributed by atoms with van der Waals surface area (Å²) in [7, 11) is 0. The molecule has 5 nitrogen and oxygen atoms in total. The van der Waals surface area contributed by atoms with Gasteiger partial charge in [-0.15, -0.1) is 11.3 Å². The van der Waals surface area contributed by atoms with E-state index < -0.39 is 0 Å². The fourth-order valence-electron chi connectivity index (χ4n) is 4.89. The van der Waals surface area contributed by atoms with Crippen molar-refractivity contribution in [3.8, 4) is 0 Å². The highest BCUT2D eigenvalue weighted by Crippen LogP contribution is 2.20. The Morgan fingerprint density at radius 3 is 2.37 bits per heavy atom. The minimum Gasteiger partial charge on any atom is -0.376 e. The summed E-state index contributed by atoms with van der Waals surface area (Å²) in [6.07, 6.45) is 6.46. The van der Waals surface area contributed by atoms with Crippen molar-refractivity contribution in [1.82, 2.24) is 9.80 Å². The summed E-state index contributed by atoms with van der Waals surface area (Å²) < 4.78 is 5.86. The number of rotatable bonds is 13. The Labute approximate surface area is 231 Å². The fraction of sp³-hybridized carbons (Fsp3) is 0.438. The lowest BCUT2D eigenvalue weighted by Crippen LogP contribution is -2.45. The lowest BCUT2D eigenvalue weighted by atomic mass is 10.0. The monoisotopic (exact) mass is 532 g/mol. The van der Waals surface area contributed by atoms with Crippen LogP contribution in [0.1, 0.15) is 70.3 Å². The van der Waals surface area contributed by atoms with Crippen LogP contribution in [0.25, 0.3) is 0 Å². The van der Waals surface area contributed by atoms with Crippen molar-refractivity contribution in [2.75, 3.05) is 19.7 Å². The van der Waals surface area contributed by atoms with Crippen molar-refractivity contribution in [2.45, 2.75) is 71.6 Å². The molecule has 1 saturated heterocycles. The summed E-state index contributed by atoms with van der Waals surface area (Å²) in [6, 6.07) is 22.1. The molecule has 0 saturated carbocycles. The maximum Gasteiger partial charge on any atom is 0.254 e. The van der Waals surface area contributed by atoms with E-state index in [1.54, 1.807) is 16.2 Å². The molecule has 1 fully saturated rings. The van der Waals surface area contributed by atoms with Gasteiger partial charge in [-0.25, -0.2) is 0 Å². The van der Waals surface area contributed by atoms with Crippen LogP contribution in [-0.4, -0.2) is 47.4 Å². The van der Waals surface area contributed by atoms with E-state index in [9.17, 15) is 9.59 Å². The Hall–Kier alpha value is -2.96. The number of carbonyl (C=O) groups is 2. The number of benzene rings is 2. The van der Waals surface area contributed by atoms with Crippen LogP contribution in [0.2, 0.25) is 0 Å². The summed E-state index contributed by atoms with van der Waals surface area (Å²) in [4.78, 5) is 33.4. The summed E-state index contributed by atoms with van der Waals surface area (Å²) >= 11 is 1.71. The van der Waals surface area contributed by atoms with Crippen LogP contribution in [0.15, 0.2) is 66.7 Å². The maximum absolute atomic E-state index is 13.8. The maximum atomic E-state index is 13.8. The molecule has 6 heteroatoms. The highest BCUT2D eigenvalue weighted by atomic mass is 32.1. The molecule has 1 aliphatic rings. The minimum atomic E-state index is -0.111. The highest BCUT2D eigenvalue weighted by molar-refractivity contribution is 7.11. The second kappa shape index (κ2) is 14.3. The number of carbonyl (C=O) groups excluding carboxylic acids is 2. The molecule has 1 aliphatic heterocycles. The van der Waals surface area contributed by atoms with E-state index in [1.165, 1.54) is 23.3 Å².